The third kappa shape index (κ3) is 5.34. The van der Waals surface area contributed by atoms with Gasteiger partial charge < -0.3 is 20.5 Å². The van der Waals surface area contributed by atoms with Crippen LogP contribution in [0.4, 0.5) is 5.69 Å². The number of anilines is 1. The van der Waals surface area contributed by atoms with Gasteiger partial charge in [0, 0.05) is 11.3 Å². The van der Waals surface area contributed by atoms with E-state index in [-0.39, 0.29) is 12.5 Å². The normalized spacial score (nSPS) is 10.1. The van der Waals surface area contributed by atoms with E-state index in [4.69, 9.17) is 15.2 Å². The van der Waals surface area contributed by atoms with Gasteiger partial charge in [0.1, 0.15) is 17.2 Å². The fourth-order valence-corrected chi connectivity index (χ4v) is 2.29. The lowest BCUT2D eigenvalue weighted by molar-refractivity contribution is -0.119. The van der Waals surface area contributed by atoms with Crippen molar-refractivity contribution >= 4 is 17.5 Å². The van der Waals surface area contributed by atoms with Gasteiger partial charge in [-0.1, -0.05) is 18.2 Å². The fourth-order valence-electron chi connectivity index (χ4n) is 2.29. The fraction of sp³-hybridized carbons (Fsp3) is 0.0476. The van der Waals surface area contributed by atoms with E-state index in [1.54, 1.807) is 48.5 Å². The molecule has 0 spiro atoms. The highest BCUT2D eigenvalue weighted by Gasteiger charge is 2.07. The lowest BCUT2D eigenvalue weighted by Gasteiger charge is -2.09. The summed E-state index contributed by atoms with van der Waals surface area (Å²) >= 11 is 0. The molecule has 0 aromatic heterocycles. The Kier molecular flexibility index (Phi) is 5.69. The van der Waals surface area contributed by atoms with E-state index >= 15 is 0 Å². The first-order valence-electron chi connectivity index (χ1n) is 8.25. The zero-order valence-corrected chi connectivity index (χ0v) is 14.4. The van der Waals surface area contributed by atoms with Gasteiger partial charge in [0.25, 0.3) is 11.8 Å². The zero-order valence-electron chi connectivity index (χ0n) is 14.4. The van der Waals surface area contributed by atoms with Crippen LogP contribution in [-0.4, -0.2) is 18.4 Å². The summed E-state index contributed by atoms with van der Waals surface area (Å²) in [6.45, 7) is -0.205. The first kappa shape index (κ1) is 18.0. The Morgan fingerprint density at radius 1 is 0.778 bits per heavy atom. The maximum atomic E-state index is 12.3. The van der Waals surface area contributed by atoms with Crippen molar-refractivity contribution in [3.8, 4) is 17.2 Å². The van der Waals surface area contributed by atoms with Crippen LogP contribution in [0.25, 0.3) is 0 Å². The Morgan fingerprint density at radius 2 is 1.37 bits per heavy atom. The molecule has 0 heterocycles. The van der Waals surface area contributed by atoms with E-state index in [1.807, 2.05) is 30.3 Å². The lowest BCUT2D eigenvalue weighted by atomic mass is 10.2. The Balaban J connectivity index is 1.58. The SMILES string of the molecule is NC(=O)COc1ccc(C(=O)Nc2ccc(Oc3ccccc3)cc2)cc1. The summed E-state index contributed by atoms with van der Waals surface area (Å²) in [5, 5.41) is 2.81. The van der Waals surface area contributed by atoms with E-state index in [1.165, 1.54) is 0 Å². The van der Waals surface area contributed by atoms with Crippen molar-refractivity contribution in [1.82, 2.24) is 0 Å². The number of primary amides is 1. The summed E-state index contributed by atoms with van der Waals surface area (Å²) in [7, 11) is 0. The molecular weight excluding hydrogens is 344 g/mol. The van der Waals surface area contributed by atoms with Crippen LogP contribution >= 0.6 is 0 Å². The van der Waals surface area contributed by atoms with Crippen LogP contribution < -0.4 is 20.5 Å². The summed E-state index contributed by atoms with van der Waals surface area (Å²) in [6.07, 6.45) is 0. The second-order valence-corrected chi connectivity index (χ2v) is 5.67. The molecule has 27 heavy (non-hydrogen) atoms. The van der Waals surface area contributed by atoms with Crippen LogP contribution in [0.2, 0.25) is 0 Å². The third-order valence-electron chi connectivity index (χ3n) is 3.59. The van der Waals surface area contributed by atoms with E-state index in [2.05, 4.69) is 5.32 Å². The van der Waals surface area contributed by atoms with Gasteiger partial charge in [0.05, 0.1) is 0 Å². The van der Waals surface area contributed by atoms with Gasteiger partial charge in [-0.05, 0) is 60.7 Å². The molecule has 136 valence electrons. The molecule has 0 fully saturated rings. The molecule has 0 radical (unpaired) electrons. The molecular formula is C21H18N2O4. The molecule has 0 aliphatic rings. The largest absolute Gasteiger partial charge is 0.484 e. The molecule has 0 aliphatic heterocycles. The molecule has 3 rings (SSSR count). The molecule has 3 N–H and O–H groups in total. The molecule has 0 unspecified atom stereocenters. The van der Waals surface area contributed by atoms with Gasteiger partial charge in [-0.25, -0.2) is 0 Å². The summed E-state index contributed by atoms with van der Waals surface area (Å²) in [6, 6.07) is 23.0. The van der Waals surface area contributed by atoms with E-state index in [0.717, 1.165) is 5.75 Å². The van der Waals surface area contributed by atoms with Crippen molar-refractivity contribution in [2.24, 2.45) is 5.73 Å². The second-order valence-electron chi connectivity index (χ2n) is 5.67. The molecule has 0 saturated carbocycles. The molecule has 0 bridgehead atoms. The number of rotatable bonds is 7. The predicted octanol–water partition coefficient (Wildman–Crippen LogP) is 3.60. The monoisotopic (exact) mass is 362 g/mol. The van der Waals surface area contributed by atoms with Gasteiger partial charge in [0.15, 0.2) is 6.61 Å². The minimum Gasteiger partial charge on any atom is -0.484 e. The van der Waals surface area contributed by atoms with Gasteiger partial charge >= 0.3 is 0 Å². The summed E-state index contributed by atoms with van der Waals surface area (Å²) in [5.74, 6) is 1.07. The van der Waals surface area contributed by atoms with E-state index in [9.17, 15) is 9.59 Å². The molecule has 0 aliphatic carbocycles. The van der Waals surface area contributed by atoms with Crippen LogP contribution in [0.3, 0.4) is 0 Å². The minimum atomic E-state index is -0.559. The van der Waals surface area contributed by atoms with Gasteiger partial charge in [-0.2, -0.15) is 0 Å². The third-order valence-corrected chi connectivity index (χ3v) is 3.59. The van der Waals surface area contributed by atoms with Crippen molar-refractivity contribution in [2.45, 2.75) is 0 Å². The van der Waals surface area contributed by atoms with E-state index < -0.39 is 5.91 Å². The second kappa shape index (κ2) is 8.53. The average molecular weight is 362 g/mol. The van der Waals surface area contributed by atoms with Crippen molar-refractivity contribution in [3.63, 3.8) is 0 Å². The molecule has 0 saturated heterocycles. The highest BCUT2D eigenvalue weighted by molar-refractivity contribution is 6.04. The Labute approximate surface area is 156 Å². The van der Waals surface area contributed by atoms with Gasteiger partial charge in [0.2, 0.25) is 0 Å². The number of hydrogen-bond donors (Lipinski definition) is 2. The summed E-state index contributed by atoms with van der Waals surface area (Å²) < 4.78 is 10.9. The summed E-state index contributed by atoms with van der Waals surface area (Å²) in [4.78, 5) is 23.0. The van der Waals surface area contributed by atoms with Crippen molar-refractivity contribution in [2.75, 3.05) is 11.9 Å². The van der Waals surface area contributed by atoms with Crippen LogP contribution in [0.5, 0.6) is 17.2 Å². The predicted molar refractivity (Wildman–Crippen MR) is 102 cm³/mol. The quantitative estimate of drug-likeness (QED) is 0.672. The van der Waals surface area contributed by atoms with Crippen LogP contribution in [0.1, 0.15) is 10.4 Å². The molecule has 3 aromatic rings. The highest BCUT2D eigenvalue weighted by atomic mass is 16.5. The smallest absolute Gasteiger partial charge is 0.255 e. The van der Waals surface area contributed by atoms with Gasteiger partial charge in [-0.15, -0.1) is 0 Å². The minimum absolute atomic E-state index is 0.205. The molecule has 3 aromatic carbocycles. The highest BCUT2D eigenvalue weighted by Crippen LogP contribution is 2.23. The lowest BCUT2D eigenvalue weighted by Crippen LogP contribution is -2.20. The van der Waals surface area contributed by atoms with Crippen LogP contribution in [-0.2, 0) is 4.79 Å². The topological polar surface area (TPSA) is 90.7 Å². The number of benzene rings is 3. The first-order chi connectivity index (χ1) is 13.1. The number of nitrogens with two attached hydrogens (primary N) is 1. The Bertz CT molecular complexity index is 907. The average Bonchev–Trinajstić information content (AvgIpc) is 2.69. The van der Waals surface area contributed by atoms with Crippen molar-refractivity contribution in [1.29, 1.82) is 0 Å². The molecule has 2 amide bonds. The standard InChI is InChI=1S/C21H18N2O4/c22-20(24)14-26-17-10-6-15(7-11-17)21(25)23-16-8-12-19(13-9-16)27-18-4-2-1-3-5-18/h1-13H,14H2,(H2,22,24)(H,23,25). The number of carbonyl (C=O) groups excluding carboxylic acids is 2. The van der Waals surface area contributed by atoms with Crippen molar-refractivity contribution < 1.29 is 19.1 Å². The van der Waals surface area contributed by atoms with Crippen LogP contribution in [0.15, 0.2) is 78.9 Å². The Hall–Kier alpha value is -3.80. The molecule has 6 heteroatoms. The molecule has 6 nitrogen and oxygen atoms in total. The maximum Gasteiger partial charge on any atom is 0.255 e. The van der Waals surface area contributed by atoms with Crippen molar-refractivity contribution in [3.05, 3.63) is 84.4 Å². The number of para-hydroxylation sites is 1. The number of carbonyl (C=O) groups is 2. The number of ether oxygens (including phenoxy) is 2. The van der Waals surface area contributed by atoms with Gasteiger partial charge in [-0.3, -0.25) is 9.59 Å². The summed E-state index contributed by atoms with van der Waals surface area (Å²) in [5.41, 5.74) is 6.13. The number of nitrogens with one attached hydrogen (secondary N) is 1. The first-order valence-corrected chi connectivity index (χ1v) is 8.25. The molecule has 0 atom stereocenters. The Morgan fingerprint density at radius 3 is 2.00 bits per heavy atom. The number of hydrogen-bond acceptors (Lipinski definition) is 4. The van der Waals surface area contributed by atoms with Crippen LogP contribution in [0, 0.1) is 0 Å². The maximum absolute atomic E-state index is 12.3. The number of amides is 2. The zero-order chi connectivity index (χ0) is 19.1. The van der Waals surface area contributed by atoms with E-state index in [0.29, 0.717) is 22.7 Å².